The molecule has 0 aliphatic heterocycles. The number of carbonyl (C=O) groups excluding carboxylic acids is 1. The van der Waals surface area contributed by atoms with Crippen LogP contribution in [0.15, 0.2) is 0 Å². The average Bonchev–Trinajstić information content (AvgIpc) is 2.61. The summed E-state index contributed by atoms with van der Waals surface area (Å²) in [6.45, 7) is 4.91. The first-order chi connectivity index (χ1) is 12.6. The van der Waals surface area contributed by atoms with Crippen molar-refractivity contribution in [3.8, 4) is 0 Å². The Morgan fingerprint density at radius 1 is 0.731 bits per heavy atom. The Kier molecular flexibility index (Phi) is 18.0. The highest BCUT2D eigenvalue weighted by molar-refractivity contribution is 5.72. The summed E-state index contributed by atoms with van der Waals surface area (Å²) >= 11 is 0. The van der Waals surface area contributed by atoms with Crippen LogP contribution in [0.1, 0.15) is 117 Å². The van der Waals surface area contributed by atoms with Crippen LogP contribution in [0.3, 0.4) is 0 Å². The fourth-order valence-corrected chi connectivity index (χ4v) is 3.22. The van der Waals surface area contributed by atoms with E-state index in [1.165, 1.54) is 51.4 Å². The van der Waals surface area contributed by atoms with Crippen molar-refractivity contribution in [3.05, 3.63) is 0 Å². The van der Waals surface area contributed by atoms with Gasteiger partial charge in [-0.1, -0.05) is 84.5 Å². The van der Waals surface area contributed by atoms with Crippen LogP contribution in [0.4, 0.5) is 0 Å². The first-order valence-electron chi connectivity index (χ1n) is 11.0. The minimum atomic E-state index is -0.790. The van der Waals surface area contributed by atoms with Gasteiger partial charge >= 0.3 is 11.9 Å². The molecule has 1 atom stereocenters. The molecule has 154 valence electrons. The molecule has 0 amide bonds. The number of hydrogen-bond donors (Lipinski definition) is 1. The van der Waals surface area contributed by atoms with E-state index in [4.69, 9.17) is 9.84 Å². The van der Waals surface area contributed by atoms with Crippen LogP contribution >= 0.6 is 0 Å². The van der Waals surface area contributed by atoms with Crippen molar-refractivity contribution in [2.45, 2.75) is 117 Å². The van der Waals surface area contributed by atoms with Gasteiger partial charge in [-0.3, -0.25) is 9.59 Å². The third-order valence-corrected chi connectivity index (χ3v) is 4.92. The summed E-state index contributed by atoms with van der Waals surface area (Å²) in [6, 6.07) is 0. The van der Waals surface area contributed by atoms with E-state index in [1.54, 1.807) is 0 Å². The Bertz CT molecular complexity index is 341. The lowest BCUT2D eigenvalue weighted by atomic mass is 9.95. The van der Waals surface area contributed by atoms with E-state index in [-0.39, 0.29) is 18.3 Å². The van der Waals surface area contributed by atoms with Gasteiger partial charge in [-0.25, -0.2) is 0 Å². The molecule has 1 N–H and O–H groups in total. The third-order valence-electron chi connectivity index (χ3n) is 4.92. The number of carbonyl (C=O) groups is 2. The van der Waals surface area contributed by atoms with E-state index >= 15 is 0 Å². The van der Waals surface area contributed by atoms with Gasteiger partial charge in [-0.2, -0.15) is 0 Å². The second-order valence-corrected chi connectivity index (χ2v) is 7.47. The molecule has 0 saturated heterocycles. The zero-order valence-electron chi connectivity index (χ0n) is 17.3. The van der Waals surface area contributed by atoms with Crippen molar-refractivity contribution in [3.63, 3.8) is 0 Å². The standard InChI is InChI=1S/C22H42O4/c1-3-5-7-9-10-11-12-14-19-26-22(25)20(16-13-8-6-4-2)17-15-18-21(23)24/h20H,3-19H2,1-2H3,(H,23,24). The molecule has 0 saturated carbocycles. The number of carboxylic acid groups (broad SMARTS) is 1. The summed E-state index contributed by atoms with van der Waals surface area (Å²) in [5.74, 6) is -1.03. The molecule has 0 spiro atoms. The zero-order valence-corrected chi connectivity index (χ0v) is 17.3. The molecule has 0 rings (SSSR count). The van der Waals surface area contributed by atoms with Crippen LogP contribution in [-0.4, -0.2) is 23.7 Å². The maximum atomic E-state index is 12.3. The van der Waals surface area contributed by atoms with Crippen LogP contribution < -0.4 is 0 Å². The molecule has 0 aromatic carbocycles. The molecule has 4 nitrogen and oxygen atoms in total. The molecule has 0 aromatic heterocycles. The largest absolute Gasteiger partial charge is 0.481 e. The highest BCUT2D eigenvalue weighted by Gasteiger charge is 2.19. The summed E-state index contributed by atoms with van der Waals surface area (Å²) in [4.78, 5) is 23.0. The van der Waals surface area contributed by atoms with Crippen LogP contribution in [0, 0.1) is 5.92 Å². The Balaban J connectivity index is 3.90. The van der Waals surface area contributed by atoms with Gasteiger partial charge in [0.1, 0.15) is 0 Å². The average molecular weight is 371 g/mol. The molecule has 0 radical (unpaired) electrons. The number of hydrogen-bond acceptors (Lipinski definition) is 3. The quantitative estimate of drug-likeness (QED) is 0.208. The highest BCUT2D eigenvalue weighted by Crippen LogP contribution is 2.19. The van der Waals surface area contributed by atoms with Crippen molar-refractivity contribution in [2.24, 2.45) is 5.92 Å². The normalized spacial score (nSPS) is 12.1. The van der Waals surface area contributed by atoms with Gasteiger partial charge in [-0.05, 0) is 25.7 Å². The summed E-state index contributed by atoms with van der Waals surface area (Å²) in [5, 5.41) is 8.79. The Labute approximate surface area is 161 Å². The number of carboxylic acids is 1. The first kappa shape index (κ1) is 24.9. The highest BCUT2D eigenvalue weighted by atomic mass is 16.5. The minimum absolute atomic E-state index is 0.116. The number of aliphatic carboxylic acids is 1. The number of rotatable bonds is 19. The minimum Gasteiger partial charge on any atom is -0.481 e. The monoisotopic (exact) mass is 370 g/mol. The Morgan fingerprint density at radius 2 is 1.23 bits per heavy atom. The van der Waals surface area contributed by atoms with E-state index in [1.807, 2.05) is 0 Å². The Morgan fingerprint density at radius 3 is 1.81 bits per heavy atom. The molecular weight excluding hydrogens is 328 g/mol. The maximum Gasteiger partial charge on any atom is 0.308 e. The predicted molar refractivity (Wildman–Crippen MR) is 107 cm³/mol. The lowest BCUT2D eigenvalue weighted by Gasteiger charge is -2.15. The summed E-state index contributed by atoms with van der Waals surface area (Å²) in [7, 11) is 0. The molecule has 0 heterocycles. The van der Waals surface area contributed by atoms with E-state index < -0.39 is 5.97 Å². The second kappa shape index (κ2) is 18.7. The summed E-state index contributed by atoms with van der Waals surface area (Å²) < 4.78 is 5.48. The first-order valence-corrected chi connectivity index (χ1v) is 11.0. The van der Waals surface area contributed by atoms with Gasteiger partial charge in [-0.15, -0.1) is 0 Å². The van der Waals surface area contributed by atoms with Gasteiger partial charge in [0.2, 0.25) is 0 Å². The van der Waals surface area contributed by atoms with Gasteiger partial charge in [0.05, 0.1) is 12.5 Å². The smallest absolute Gasteiger partial charge is 0.308 e. The molecular formula is C22H42O4. The van der Waals surface area contributed by atoms with Gasteiger partial charge in [0, 0.05) is 6.42 Å². The summed E-state index contributed by atoms with van der Waals surface area (Å²) in [5.41, 5.74) is 0. The van der Waals surface area contributed by atoms with E-state index in [0.717, 1.165) is 32.1 Å². The van der Waals surface area contributed by atoms with Crippen molar-refractivity contribution < 1.29 is 19.4 Å². The molecule has 0 fully saturated rings. The van der Waals surface area contributed by atoms with Crippen molar-refractivity contribution in [1.82, 2.24) is 0 Å². The van der Waals surface area contributed by atoms with Crippen LogP contribution in [0.25, 0.3) is 0 Å². The van der Waals surface area contributed by atoms with Crippen molar-refractivity contribution in [2.75, 3.05) is 6.61 Å². The number of ether oxygens (including phenoxy) is 1. The molecule has 0 aliphatic carbocycles. The SMILES string of the molecule is CCCCCCCCCCOC(=O)C(CCCCCC)CCCC(=O)O. The topological polar surface area (TPSA) is 63.6 Å². The molecule has 0 aliphatic rings. The number of esters is 1. The fourth-order valence-electron chi connectivity index (χ4n) is 3.22. The van der Waals surface area contributed by atoms with Crippen molar-refractivity contribution in [1.29, 1.82) is 0 Å². The van der Waals surface area contributed by atoms with Gasteiger partial charge < -0.3 is 9.84 Å². The van der Waals surface area contributed by atoms with Crippen LogP contribution in [-0.2, 0) is 14.3 Å². The lowest BCUT2D eigenvalue weighted by Crippen LogP contribution is -2.19. The maximum absolute atomic E-state index is 12.3. The fraction of sp³-hybridized carbons (Fsp3) is 0.909. The van der Waals surface area contributed by atoms with Gasteiger partial charge in [0.15, 0.2) is 0 Å². The third kappa shape index (κ3) is 16.4. The predicted octanol–water partition coefficient (Wildman–Crippen LogP) is 6.51. The molecule has 26 heavy (non-hydrogen) atoms. The Hall–Kier alpha value is -1.06. The van der Waals surface area contributed by atoms with E-state index in [2.05, 4.69) is 13.8 Å². The van der Waals surface area contributed by atoms with Gasteiger partial charge in [0.25, 0.3) is 0 Å². The zero-order chi connectivity index (χ0) is 19.5. The van der Waals surface area contributed by atoms with Crippen LogP contribution in [0.5, 0.6) is 0 Å². The molecule has 0 aromatic rings. The van der Waals surface area contributed by atoms with E-state index in [0.29, 0.717) is 19.4 Å². The lowest BCUT2D eigenvalue weighted by molar-refractivity contribution is -0.149. The second-order valence-electron chi connectivity index (χ2n) is 7.47. The molecule has 1 unspecified atom stereocenters. The summed E-state index contributed by atoms with van der Waals surface area (Å²) in [6.07, 6.45) is 16.5. The van der Waals surface area contributed by atoms with E-state index in [9.17, 15) is 9.59 Å². The molecule has 0 bridgehead atoms. The van der Waals surface area contributed by atoms with Crippen molar-refractivity contribution >= 4 is 11.9 Å². The van der Waals surface area contributed by atoms with Crippen LogP contribution in [0.2, 0.25) is 0 Å². The number of unbranched alkanes of at least 4 members (excludes halogenated alkanes) is 10. The molecule has 4 heteroatoms.